The average molecular weight is 268 g/mol. The predicted molar refractivity (Wildman–Crippen MR) is 49.7 cm³/mol. The van der Waals surface area contributed by atoms with Crippen molar-refractivity contribution in [2.24, 2.45) is 5.73 Å². The first-order valence-corrected chi connectivity index (χ1v) is 4.51. The summed E-state index contributed by atoms with van der Waals surface area (Å²) >= 11 is 2.92. The van der Waals surface area contributed by atoms with Gasteiger partial charge in [-0.15, -0.1) is 0 Å². The van der Waals surface area contributed by atoms with Gasteiger partial charge in [-0.05, 0) is 6.07 Å². The first-order chi connectivity index (χ1) is 6.49. The van der Waals surface area contributed by atoms with E-state index in [0.29, 0.717) is 0 Å². The van der Waals surface area contributed by atoms with Crippen LogP contribution in [0.2, 0.25) is 0 Å². The smallest absolute Gasteiger partial charge is 0.200 e. The quantitative estimate of drug-likeness (QED) is 0.711. The van der Waals surface area contributed by atoms with Crippen LogP contribution in [0.5, 0.6) is 5.75 Å². The second-order valence-corrected chi connectivity index (χ2v) is 3.56. The molecule has 1 aromatic carbocycles. The van der Waals surface area contributed by atoms with Crippen LogP contribution in [0.1, 0.15) is 11.6 Å². The Hall–Kier alpha value is -0.720. The molecule has 14 heavy (non-hydrogen) atoms. The molecule has 0 spiro atoms. The third kappa shape index (κ3) is 1.87. The Kier molecular flexibility index (Phi) is 3.41. The van der Waals surface area contributed by atoms with Gasteiger partial charge in [-0.1, -0.05) is 15.9 Å². The number of hydrogen-bond donors (Lipinski definition) is 3. The maximum atomic E-state index is 12.9. The number of phenols is 1. The molecule has 0 heterocycles. The Balaban J connectivity index is 3.36. The molecule has 0 fully saturated rings. The zero-order valence-corrected chi connectivity index (χ0v) is 8.55. The molecule has 4 N–H and O–H groups in total. The van der Waals surface area contributed by atoms with Crippen molar-refractivity contribution >= 4 is 15.9 Å². The molecule has 0 bridgehead atoms. The van der Waals surface area contributed by atoms with Crippen molar-refractivity contribution in [1.82, 2.24) is 0 Å². The Morgan fingerprint density at radius 3 is 2.57 bits per heavy atom. The summed E-state index contributed by atoms with van der Waals surface area (Å²) in [4.78, 5) is 0. The lowest BCUT2D eigenvalue weighted by Crippen LogP contribution is -2.16. The van der Waals surface area contributed by atoms with Crippen LogP contribution in [0, 0.1) is 11.6 Å². The molecule has 0 radical (unpaired) electrons. The summed E-state index contributed by atoms with van der Waals surface area (Å²) in [5, 5.41) is 17.9. The molecule has 0 aromatic heterocycles. The highest BCUT2D eigenvalue weighted by Crippen LogP contribution is 2.34. The number of aliphatic hydroxyl groups is 1. The molecule has 0 aliphatic carbocycles. The van der Waals surface area contributed by atoms with Crippen LogP contribution in [0.25, 0.3) is 0 Å². The van der Waals surface area contributed by atoms with Gasteiger partial charge in [0.2, 0.25) is 5.82 Å². The summed E-state index contributed by atoms with van der Waals surface area (Å²) in [6.07, 6.45) is 0. The van der Waals surface area contributed by atoms with Crippen molar-refractivity contribution in [3.05, 3.63) is 27.7 Å². The molecule has 0 aliphatic heterocycles. The summed E-state index contributed by atoms with van der Waals surface area (Å²) in [5.74, 6) is -3.42. The van der Waals surface area contributed by atoms with Crippen LogP contribution < -0.4 is 5.73 Å². The van der Waals surface area contributed by atoms with E-state index in [1.165, 1.54) is 0 Å². The lowest BCUT2D eigenvalue weighted by molar-refractivity contribution is 0.263. The van der Waals surface area contributed by atoms with E-state index in [-0.39, 0.29) is 10.0 Å². The maximum absolute atomic E-state index is 12.9. The summed E-state index contributed by atoms with van der Waals surface area (Å²) in [7, 11) is 0. The number of aliphatic hydroxyl groups excluding tert-OH is 1. The Labute approximate surface area is 87.3 Å². The second kappa shape index (κ2) is 4.20. The van der Waals surface area contributed by atoms with E-state index in [4.69, 9.17) is 10.8 Å². The van der Waals surface area contributed by atoms with Gasteiger partial charge in [-0.3, -0.25) is 0 Å². The van der Waals surface area contributed by atoms with E-state index in [9.17, 15) is 13.9 Å². The molecule has 0 amide bonds. The van der Waals surface area contributed by atoms with Gasteiger partial charge in [0.05, 0.1) is 12.6 Å². The number of halogens is 3. The van der Waals surface area contributed by atoms with Crippen LogP contribution in [0.15, 0.2) is 10.5 Å². The van der Waals surface area contributed by atoms with Crippen LogP contribution in [0.3, 0.4) is 0 Å². The molecule has 0 aliphatic rings. The van der Waals surface area contributed by atoms with Crippen LogP contribution >= 0.6 is 15.9 Å². The number of nitrogens with two attached hydrogens (primary N) is 1. The molecular formula is C8H8BrF2NO2. The van der Waals surface area contributed by atoms with Crippen LogP contribution in [-0.4, -0.2) is 16.8 Å². The second-order valence-electron chi connectivity index (χ2n) is 2.71. The third-order valence-electron chi connectivity index (χ3n) is 1.75. The highest BCUT2D eigenvalue weighted by atomic mass is 79.9. The van der Waals surface area contributed by atoms with Crippen LogP contribution in [-0.2, 0) is 0 Å². The summed E-state index contributed by atoms with van der Waals surface area (Å²) < 4.78 is 25.7. The van der Waals surface area contributed by atoms with Crippen LogP contribution in [0.4, 0.5) is 8.78 Å². The number of rotatable bonds is 2. The number of phenolic OH excluding ortho intramolecular Hbond substituents is 1. The largest absolute Gasteiger partial charge is 0.504 e. The Morgan fingerprint density at radius 2 is 2.07 bits per heavy atom. The number of hydrogen-bond acceptors (Lipinski definition) is 3. The van der Waals surface area contributed by atoms with Crippen molar-refractivity contribution in [2.45, 2.75) is 6.04 Å². The highest BCUT2D eigenvalue weighted by molar-refractivity contribution is 9.10. The maximum Gasteiger partial charge on any atom is 0.200 e. The fourth-order valence-electron chi connectivity index (χ4n) is 1.04. The van der Waals surface area contributed by atoms with Crippen molar-refractivity contribution in [2.75, 3.05) is 6.61 Å². The molecule has 1 rings (SSSR count). The lowest BCUT2D eigenvalue weighted by atomic mass is 10.1. The lowest BCUT2D eigenvalue weighted by Gasteiger charge is -2.13. The summed E-state index contributed by atoms with van der Waals surface area (Å²) in [6.45, 7) is -0.475. The minimum absolute atomic E-state index is 0.0496. The molecule has 0 saturated heterocycles. The first-order valence-electron chi connectivity index (χ1n) is 3.71. The highest BCUT2D eigenvalue weighted by Gasteiger charge is 2.20. The molecule has 0 saturated carbocycles. The van der Waals surface area contributed by atoms with E-state index in [1.54, 1.807) is 0 Å². The summed E-state index contributed by atoms with van der Waals surface area (Å²) in [6, 6.07) is -0.112. The average Bonchev–Trinajstić information content (AvgIpc) is 2.14. The molecule has 6 heteroatoms. The van der Waals surface area contributed by atoms with E-state index < -0.39 is 30.0 Å². The molecular weight excluding hydrogens is 260 g/mol. The van der Waals surface area contributed by atoms with E-state index in [1.807, 2.05) is 0 Å². The van der Waals surface area contributed by atoms with E-state index in [0.717, 1.165) is 6.07 Å². The fraction of sp³-hybridized carbons (Fsp3) is 0.250. The van der Waals surface area contributed by atoms with Gasteiger partial charge in [0.1, 0.15) is 0 Å². The van der Waals surface area contributed by atoms with Gasteiger partial charge in [0.15, 0.2) is 11.6 Å². The third-order valence-corrected chi connectivity index (χ3v) is 2.41. The van der Waals surface area contributed by atoms with E-state index >= 15 is 0 Å². The first kappa shape index (κ1) is 11.4. The molecule has 1 aromatic rings. The Morgan fingerprint density at radius 1 is 1.50 bits per heavy atom. The van der Waals surface area contributed by atoms with Crippen molar-refractivity contribution < 1.29 is 19.0 Å². The molecule has 78 valence electrons. The summed E-state index contributed by atoms with van der Waals surface area (Å²) in [5.41, 5.74) is 5.34. The number of benzene rings is 1. The van der Waals surface area contributed by atoms with Gasteiger partial charge < -0.3 is 15.9 Å². The standard InChI is InChI=1S/C8H8BrF2NO2/c9-3-1-4(10)7(11)8(14)6(3)5(12)2-13/h1,5,13-14H,2,12H2/t5-/m1/s1. The fourth-order valence-corrected chi connectivity index (χ4v) is 1.72. The van der Waals surface area contributed by atoms with Crippen molar-refractivity contribution in [3.8, 4) is 5.75 Å². The predicted octanol–water partition coefficient (Wildman–Crippen LogP) is 1.42. The SMILES string of the molecule is N[C@H](CO)c1c(Br)cc(F)c(F)c1O. The van der Waals surface area contributed by atoms with Gasteiger partial charge in [0.25, 0.3) is 0 Å². The normalized spacial score (nSPS) is 12.9. The molecule has 0 unspecified atom stereocenters. The van der Waals surface area contributed by atoms with Gasteiger partial charge in [0, 0.05) is 10.0 Å². The monoisotopic (exact) mass is 267 g/mol. The van der Waals surface area contributed by atoms with Crippen molar-refractivity contribution in [3.63, 3.8) is 0 Å². The van der Waals surface area contributed by atoms with Crippen molar-refractivity contribution in [1.29, 1.82) is 0 Å². The van der Waals surface area contributed by atoms with Gasteiger partial charge >= 0.3 is 0 Å². The van der Waals surface area contributed by atoms with Gasteiger partial charge in [-0.25, -0.2) is 4.39 Å². The zero-order valence-electron chi connectivity index (χ0n) is 6.97. The van der Waals surface area contributed by atoms with E-state index in [2.05, 4.69) is 15.9 Å². The zero-order chi connectivity index (χ0) is 10.9. The minimum atomic E-state index is -1.37. The van der Waals surface area contributed by atoms with Gasteiger partial charge in [-0.2, -0.15) is 4.39 Å². The molecule has 3 nitrogen and oxygen atoms in total. The Bertz CT molecular complexity index is 360. The number of aromatic hydroxyl groups is 1. The minimum Gasteiger partial charge on any atom is -0.504 e. The topological polar surface area (TPSA) is 66.5 Å². The molecule has 1 atom stereocenters.